The Balaban J connectivity index is 2.07. The molecule has 0 bridgehead atoms. The van der Waals surface area contributed by atoms with E-state index in [1.54, 1.807) is 0 Å². The highest BCUT2D eigenvalue weighted by molar-refractivity contribution is 5.48. The van der Waals surface area contributed by atoms with Crippen LogP contribution < -0.4 is 5.73 Å². The minimum atomic E-state index is 0.370. The van der Waals surface area contributed by atoms with E-state index >= 15 is 0 Å². The van der Waals surface area contributed by atoms with E-state index in [2.05, 4.69) is 42.1 Å². The van der Waals surface area contributed by atoms with Crippen LogP contribution in [0.15, 0.2) is 18.2 Å². The molecule has 0 radical (unpaired) electrons. The summed E-state index contributed by atoms with van der Waals surface area (Å²) in [7, 11) is 1.96. The number of anilines is 1. The van der Waals surface area contributed by atoms with Crippen molar-refractivity contribution in [2.24, 2.45) is 7.05 Å². The minimum absolute atomic E-state index is 0.370. The first kappa shape index (κ1) is 13.6. The molecular weight excluding hydrogens is 236 g/mol. The molecule has 4 nitrogen and oxygen atoms in total. The van der Waals surface area contributed by atoms with Crippen LogP contribution in [0.3, 0.4) is 0 Å². The van der Waals surface area contributed by atoms with Crippen LogP contribution in [0.2, 0.25) is 0 Å². The molecule has 2 N–H and O–H groups in total. The zero-order valence-corrected chi connectivity index (χ0v) is 12.1. The van der Waals surface area contributed by atoms with Crippen molar-refractivity contribution >= 4 is 5.69 Å². The molecule has 0 fully saturated rings. The summed E-state index contributed by atoms with van der Waals surface area (Å²) in [5.74, 6) is 2.32. The van der Waals surface area contributed by atoms with Gasteiger partial charge in [-0.05, 0) is 30.5 Å². The van der Waals surface area contributed by atoms with Gasteiger partial charge >= 0.3 is 0 Å². The average Bonchev–Trinajstić information content (AvgIpc) is 2.73. The summed E-state index contributed by atoms with van der Waals surface area (Å²) >= 11 is 0. The molecule has 1 heterocycles. The monoisotopic (exact) mass is 258 g/mol. The van der Waals surface area contributed by atoms with Gasteiger partial charge in [-0.3, -0.25) is 4.68 Å². The zero-order valence-electron chi connectivity index (χ0n) is 12.1. The average molecular weight is 258 g/mol. The lowest BCUT2D eigenvalue weighted by Gasteiger charge is -2.04. The van der Waals surface area contributed by atoms with E-state index in [1.807, 2.05) is 18.7 Å². The van der Waals surface area contributed by atoms with Crippen molar-refractivity contribution in [3.05, 3.63) is 41.0 Å². The number of nitrogen functional groups attached to an aromatic ring is 1. The molecule has 0 saturated heterocycles. The summed E-state index contributed by atoms with van der Waals surface area (Å²) in [5, 5.41) is 4.43. The second-order valence-electron chi connectivity index (χ2n) is 5.36. The van der Waals surface area contributed by atoms with Gasteiger partial charge in [0, 0.05) is 25.1 Å². The third kappa shape index (κ3) is 3.13. The van der Waals surface area contributed by atoms with Crippen molar-refractivity contribution in [1.82, 2.24) is 14.8 Å². The third-order valence-electron chi connectivity index (χ3n) is 3.37. The SMILES string of the molecule is Cc1ccc(CCc2nc(C(C)C)nn2C)cc1N. The second-order valence-corrected chi connectivity index (χ2v) is 5.36. The smallest absolute Gasteiger partial charge is 0.153 e. The molecule has 2 rings (SSSR count). The number of nitrogens with zero attached hydrogens (tertiary/aromatic N) is 3. The van der Waals surface area contributed by atoms with Crippen LogP contribution in [0.25, 0.3) is 0 Å². The van der Waals surface area contributed by atoms with Crippen LogP contribution in [0.5, 0.6) is 0 Å². The standard InChI is InChI=1S/C15H22N4/c1-10(2)15-17-14(19(4)18-15)8-7-12-6-5-11(3)13(16)9-12/h5-6,9-10H,7-8,16H2,1-4H3. The molecule has 0 aliphatic rings. The van der Waals surface area contributed by atoms with E-state index in [4.69, 9.17) is 5.73 Å². The van der Waals surface area contributed by atoms with Crippen molar-refractivity contribution in [2.45, 2.75) is 39.5 Å². The zero-order chi connectivity index (χ0) is 14.0. The maximum absolute atomic E-state index is 5.93. The predicted molar refractivity (Wildman–Crippen MR) is 78.1 cm³/mol. The maximum atomic E-state index is 5.93. The lowest BCUT2D eigenvalue weighted by atomic mass is 10.1. The molecule has 1 aromatic heterocycles. The molecule has 1 aromatic carbocycles. The summed E-state index contributed by atoms with van der Waals surface area (Å²) in [5.41, 5.74) is 9.17. The molecule has 0 unspecified atom stereocenters. The van der Waals surface area contributed by atoms with Crippen LogP contribution in [0, 0.1) is 6.92 Å². The Hall–Kier alpha value is -1.84. The minimum Gasteiger partial charge on any atom is -0.399 e. The number of hydrogen-bond acceptors (Lipinski definition) is 3. The third-order valence-corrected chi connectivity index (χ3v) is 3.37. The molecule has 0 saturated carbocycles. The summed E-state index contributed by atoms with van der Waals surface area (Å²) in [6, 6.07) is 6.25. The van der Waals surface area contributed by atoms with Gasteiger partial charge in [-0.25, -0.2) is 4.98 Å². The van der Waals surface area contributed by atoms with Gasteiger partial charge < -0.3 is 5.73 Å². The lowest BCUT2D eigenvalue weighted by molar-refractivity contribution is 0.676. The second kappa shape index (κ2) is 5.43. The first-order chi connectivity index (χ1) is 8.97. The van der Waals surface area contributed by atoms with Crippen LogP contribution in [0.4, 0.5) is 5.69 Å². The van der Waals surface area contributed by atoms with Crippen LogP contribution in [-0.4, -0.2) is 14.8 Å². The topological polar surface area (TPSA) is 56.7 Å². The molecule has 19 heavy (non-hydrogen) atoms. The van der Waals surface area contributed by atoms with Gasteiger partial charge in [0.1, 0.15) is 5.82 Å². The van der Waals surface area contributed by atoms with E-state index in [9.17, 15) is 0 Å². The van der Waals surface area contributed by atoms with Gasteiger partial charge in [0.05, 0.1) is 0 Å². The Kier molecular flexibility index (Phi) is 3.88. The molecule has 0 aliphatic carbocycles. The Bertz CT molecular complexity index is 570. The fourth-order valence-electron chi connectivity index (χ4n) is 2.00. The van der Waals surface area contributed by atoms with Gasteiger partial charge in [-0.1, -0.05) is 26.0 Å². The molecule has 4 heteroatoms. The Morgan fingerprint density at radius 1 is 1.26 bits per heavy atom. The highest BCUT2D eigenvalue weighted by atomic mass is 15.3. The molecule has 2 aromatic rings. The van der Waals surface area contributed by atoms with E-state index < -0.39 is 0 Å². The van der Waals surface area contributed by atoms with Gasteiger partial charge in [-0.2, -0.15) is 5.10 Å². The van der Waals surface area contributed by atoms with Gasteiger partial charge in [-0.15, -0.1) is 0 Å². The normalized spacial score (nSPS) is 11.2. The van der Waals surface area contributed by atoms with Crippen LogP contribution >= 0.6 is 0 Å². The van der Waals surface area contributed by atoms with Gasteiger partial charge in [0.2, 0.25) is 0 Å². The molecular formula is C15H22N4. The summed E-state index contributed by atoms with van der Waals surface area (Å²) in [4.78, 5) is 4.58. The summed E-state index contributed by atoms with van der Waals surface area (Å²) < 4.78 is 1.88. The van der Waals surface area contributed by atoms with Crippen molar-refractivity contribution < 1.29 is 0 Å². The number of aryl methyl sites for hydroxylation is 4. The number of benzene rings is 1. The summed E-state index contributed by atoms with van der Waals surface area (Å²) in [6.07, 6.45) is 1.83. The first-order valence-corrected chi connectivity index (χ1v) is 6.72. The first-order valence-electron chi connectivity index (χ1n) is 6.72. The quantitative estimate of drug-likeness (QED) is 0.858. The molecule has 0 aliphatic heterocycles. The Morgan fingerprint density at radius 3 is 2.58 bits per heavy atom. The van der Waals surface area contributed by atoms with Gasteiger partial charge in [0.15, 0.2) is 5.82 Å². The maximum Gasteiger partial charge on any atom is 0.153 e. The van der Waals surface area contributed by atoms with Crippen molar-refractivity contribution in [3.63, 3.8) is 0 Å². The number of hydrogen-bond donors (Lipinski definition) is 1. The number of nitrogens with two attached hydrogens (primary N) is 1. The Labute approximate surface area is 114 Å². The Morgan fingerprint density at radius 2 is 2.00 bits per heavy atom. The highest BCUT2D eigenvalue weighted by Gasteiger charge is 2.10. The molecule has 102 valence electrons. The predicted octanol–water partition coefficient (Wildman–Crippen LogP) is 2.61. The molecule has 0 spiro atoms. The highest BCUT2D eigenvalue weighted by Crippen LogP contribution is 2.15. The number of rotatable bonds is 4. The van der Waals surface area contributed by atoms with Crippen LogP contribution in [-0.2, 0) is 19.9 Å². The van der Waals surface area contributed by atoms with Gasteiger partial charge in [0.25, 0.3) is 0 Å². The van der Waals surface area contributed by atoms with Crippen LogP contribution in [0.1, 0.15) is 42.5 Å². The van der Waals surface area contributed by atoms with E-state index in [0.717, 1.165) is 35.7 Å². The van der Waals surface area contributed by atoms with E-state index in [0.29, 0.717) is 5.92 Å². The van der Waals surface area contributed by atoms with Crippen molar-refractivity contribution in [3.8, 4) is 0 Å². The fourth-order valence-corrected chi connectivity index (χ4v) is 2.00. The largest absolute Gasteiger partial charge is 0.399 e. The lowest BCUT2D eigenvalue weighted by Crippen LogP contribution is -2.02. The number of aromatic nitrogens is 3. The van der Waals surface area contributed by atoms with Crippen molar-refractivity contribution in [1.29, 1.82) is 0 Å². The summed E-state index contributed by atoms with van der Waals surface area (Å²) in [6.45, 7) is 6.25. The van der Waals surface area contributed by atoms with E-state index in [-0.39, 0.29) is 0 Å². The van der Waals surface area contributed by atoms with Crippen molar-refractivity contribution in [2.75, 3.05) is 5.73 Å². The molecule has 0 atom stereocenters. The van der Waals surface area contributed by atoms with E-state index in [1.165, 1.54) is 5.56 Å². The fraction of sp³-hybridized carbons (Fsp3) is 0.467. The molecule has 0 amide bonds.